The third-order valence-corrected chi connectivity index (χ3v) is 3.14. The lowest BCUT2D eigenvalue weighted by atomic mass is 10.2. The average molecular weight is 233 g/mol. The van der Waals surface area contributed by atoms with Crippen molar-refractivity contribution in [3.63, 3.8) is 0 Å². The molecule has 4 heteroatoms. The van der Waals surface area contributed by atoms with Crippen LogP contribution >= 0.6 is 0 Å². The Labute approximate surface area is 102 Å². The summed E-state index contributed by atoms with van der Waals surface area (Å²) in [4.78, 5) is 18.1. The van der Waals surface area contributed by atoms with Gasteiger partial charge in [0.1, 0.15) is 0 Å². The zero-order valence-corrected chi connectivity index (χ0v) is 10.4. The number of amides is 1. The van der Waals surface area contributed by atoms with Gasteiger partial charge in [0, 0.05) is 31.5 Å². The molecule has 2 unspecified atom stereocenters. The maximum absolute atomic E-state index is 12.1. The maximum Gasteiger partial charge on any atom is 0.239 e. The third kappa shape index (κ3) is 3.03. The summed E-state index contributed by atoms with van der Waals surface area (Å²) in [6.07, 6.45) is 4.57. The molecule has 1 aliphatic heterocycles. The molecule has 2 atom stereocenters. The second-order valence-electron chi connectivity index (χ2n) is 4.70. The van der Waals surface area contributed by atoms with Crippen LogP contribution in [0.1, 0.15) is 25.8 Å². The molecule has 0 aliphatic carbocycles. The van der Waals surface area contributed by atoms with Crippen LogP contribution in [0.4, 0.5) is 0 Å². The summed E-state index contributed by atoms with van der Waals surface area (Å²) in [5.74, 6) is 0.179. The van der Waals surface area contributed by atoms with E-state index in [2.05, 4.69) is 17.2 Å². The van der Waals surface area contributed by atoms with Crippen molar-refractivity contribution in [3.05, 3.63) is 30.1 Å². The first-order valence-corrected chi connectivity index (χ1v) is 6.10. The van der Waals surface area contributed by atoms with Gasteiger partial charge in [0.2, 0.25) is 5.91 Å². The van der Waals surface area contributed by atoms with Crippen molar-refractivity contribution >= 4 is 5.91 Å². The van der Waals surface area contributed by atoms with Gasteiger partial charge in [0.15, 0.2) is 0 Å². The Kier molecular flexibility index (Phi) is 3.74. The SMILES string of the molecule is CC1CCN(Cc2cccnc2)C(=O)C(C)N1. The van der Waals surface area contributed by atoms with E-state index in [1.165, 1.54) is 0 Å². The average Bonchev–Trinajstić information content (AvgIpc) is 2.44. The van der Waals surface area contributed by atoms with Crippen molar-refractivity contribution in [1.29, 1.82) is 0 Å². The van der Waals surface area contributed by atoms with Crippen LogP contribution < -0.4 is 5.32 Å². The Bertz CT molecular complexity index is 380. The summed E-state index contributed by atoms with van der Waals surface area (Å²) < 4.78 is 0. The number of nitrogens with zero attached hydrogens (tertiary/aromatic N) is 2. The molecule has 2 heterocycles. The Morgan fingerprint density at radius 3 is 3.06 bits per heavy atom. The van der Waals surface area contributed by atoms with Crippen LogP contribution in [0.15, 0.2) is 24.5 Å². The van der Waals surface area contributed by atoms with E-state index >= 15 is 0 Å². The van der Waals surface area contributed by atoms with Gasteiger partial charge in [-0.15, -0.1) is 0 Å². The van der Waals surface area contributed by atoms with Gasteiger partial charge in [-0.25, -0.2) is 0 Å². The van der Waals surface area contributed by atoms with Gasteiger partial charge in [0.05, 0.1) is 6.04 Å². The predicted octanol–water partition coefficient (Wildman–Crippen LogP) is 1.18. The van der Waals surface area contributed by atoms with E-state index in [-0.39, 0.29) is 11.9 Å². The summed E-state index contributed by atoms with van der Waals surface area (Å²) in [5, 5.41) is 3.30. The lowest BCUT2D eigenvalue weighted by Gasteiger charge is -2.22. The van der Waals surface area contributed by atoms with E-state index in [0.29, 0.717) is 12.6 Å². The summed E-state index contributed by atoms with van der Waals surface area (Å²) in [5.41, 5.74) is 1.09. The molecular weight excluding hydrogens is 214 g/mol. The van der Waals surface area contributed by atoms with Crippen LogP contribution in [-0.2, 0) is 11.3 Å². The second kappa shape index (κ2) is 5.27. The summed E-state index contributed by atoms with van der Waals surface area (Å²) in [6, 6.07) is 4.21. The zero-order chi connectivity index (χ0) is 12.3. The highest BCUT2D eigenvalue weighted by atomic mass is 16.2. The fraction of sp³-hybridized carbons (Fsp3) is 0.538. The number of rotatable bonds is 2. The third-order valence-electron chi connectivity index (χ3n) is 3.14. The fourth-order valence-electron chi connectivity index (χ4n) is 2.18. The van der Waals surface area contributed by atoms with Crippen LogP contribution in [0.25, 0.3) is 0 Å². The van der Waals surface area contributed by atoms with Crippen LogP contribution in [0.5, 0.6) is 0 Å². The van der Waals surface area contributed by atoms with Crippen molar-refractivity contribution in [2.45, 2.75) is 38.9 Å². The van der Waals surface area contributed by atoms with E-state index in [0.717, 1.165) is 18.5 Å². The van der Waals surface area contributed by atoms with E-state index in [9.17, 15) is 4.79 Å². The highest BCUT2D eigenvalue weighted by Crippen LogP contribution is 2.11. The van der Waals surface area contributed by atoms with Crippen molar-refractivity contribution in [1.82, 2.24) is 15.2 Å². The molecule has 0 saturated carbocycles. The summed E-state index contributed by atoms with van der Waals surface area (Å²) >= 11 is 0. The molecule has 17 heavy (non-hydrogen) atoms. The Morgan fingerprint density at radius 2 is 2.35 bits per heavy atom. The van der Waals surface area contributed by atoms with E-state index in [1.54, 1.807) is 6.20 Å². The Balaban J connectivity index is 2.07. The fourth-order valence-corrected chi connectivity index (χ4v) is 2.18. The molecule has 4 nitrogen and oxygen atoms in total. The van der Waals surface area contributed by atoms with Crippen molar-refractivity contribution < 1.29 is 4.79 Å². The second-order valence-corrected chi connectivity index (χ2v) is 4.70. The highest BCUT2D eigenvalue weighted by molar-refractivity contribution is 5.81. The van der Waals surface area contributed by atoms with E-state index in [4.69, 9.17) is 0 Å². The quantitative estimate of drug-likeness (QED) is 0.834. The maximum atomic E-state index is 12.1. The Hall–Kier alpha value is -1.42. The van der Waals surface area contributed by atoms with Gasteiger partial charge >= 0.3 is 0 Å². The topological polar surface area (TPSA) is 45.2 Å². The van der Waals surface area contributed by atoms with Crippen LogP contribution in [0, 0.1) is 0 Å². The number of pyridine rings is 1. The minimum atomic E-state index is -0.0934. The van der Waals surface area contributed by atoms with Gasteiger partial charge in [-0.2, -0.15) is 0 Å². The standard InChI is InChI=1S/C13H19N3O/c1-10-5-7-16(13(17)11(2)15-10)9-12-4-3-6-14-8-12/h3-4,6,8,10-11,15H,5,7,9H2,1-2H3. The van der Waals surface area contributed by atoms with Gasteiger partial charge in [0.25, 0.3) is 0 Å². The lowest BCUT2D eigenvalue weighted by Crippen LogP contribution is -2.42. The van der Waals surface area contributed by atoms with Crippen molar-refractivity contribution in [3.8, 4) is 0 Å². The minimum Gasteiger partial charge on any atom is -0.337 e. The van der Waals surface area contributed by atoms with Crippen LogP contribution in [0.3, 0.4) is 0 Å². The molecule has 2 rings (SSSR count). The van der Waals surface area contributed by atoms with Gasteiger partial charge < -0.3 is 10.2 Å². The summed E-state index contributed by atoms with van der Waals surface area (Å²) in [7, 11) is 0. The molecule has 1 amide bonds. The van der Waals surface area contributed by atoms with Crippen molar-refractivity contribution in [2.75, 3.05) is 6.54 Å². The first-order chi connectivity index (χ1) is 8.16. The molecule has 0 spiro atoms. The molecule has 0 aromatic carbocycles. The highest BCUT2D eigenvalue weighted by Gasteiger charge is 2.25. The van der Waals surface area contributed by atoms with Gasteiger partial charge in [-0.05, 0) is 31.9 Å². The molecule has 1 saturated heterocycles. The molecule has 92 valence electrons. The minimum absolute atomic E-state index is 0.0934. The number of nitrogens with one attached hydrogen (secondary N) is 1. The molecule has 1 N–H and O–H groups in total. The first-order valence-electron chi connectivity index (χ1n) is 6.10. The molecule has 0 bridgehead atoms. The zero-order valence-electron chi connectivity index (χ0n) is 10.4. The summed E-state index contributed by atoms with van der Waals surface area (Å²) in [6.45, 7) is 5.52. The van der Waals surface area contributed by atoms with E-state index in [1.807, 2.05) is 30.2 Å². The Morgan fingerprint density at radius 1 is 1.53 bits per heavy atom. The van der Waals surface area contributed by atoms with Gasteiger partial charge in [-0.1, -0.05) is 6.07 Å². The molecular formula is C13H19N3O. The predicted molar refractivity (Wildman–Crippen MR) is 66.3 cm³/mol. The normalized spacial score (nSPS) is 25.8. The monoisotopic (exact) mass is 233 g/mol. The number of hydrogen-bond donors (Lipinski definition) is 1. The smallest absolute Gasteiger partial charge is 0.239 e. The number of carbonyl (C=O) groups excluding carboxylic acids is 1. The van der Waals surface area contributed by atoms with Crippen LogP contribution in [-0.4, -0.2) is 34.4 Å². The number of carbonyl (C=O) groups is 1. The number of aromatic nitrogens is 1. The number of hydrogen-bond acceptors (Lipinski definition) is 3. The first kappa shape index (κ1) is 12.0. The largest absolute Gasteiger partial charge is 0.337 e. The molecule has 0 radical (unpaired) electrons. The van der Waals surface area contributed by atoms with Crippen molar-refractivity contribution in [2.24, 2.45) is 0 Å². The van der Waals surface area contributed by atoms with Gasteiger partial charge in [-0.3, -0.25) is 9.78 Å². The van der Waals surface area contributed by atoms with E-state index < -0.39 is 0 Å². The molecule has 1 aliphatic rings. The molecule has 1 aromatic rings. The lowest BCUT2D eigenvalue weighted by molar-refractivity contribution is -0.132. The molecule has 1 aromatic heterocycles. The molecule has 1 fully saturated rings. The van der Waals surface area contributed by atoms with Crippen LogP contribution in [0.2, 0.25) is 0 Å².